The van der Waals surface area contributed by atoms with Crippen molar-refractivity contribution in [1.82, 2.24) is 0 Å². The predicted molar refractivity (Wildman–Crippen MR) is 188 cm³/mol. The van der Waals surface area contributed by atoms with Gasteiger partial charge in [0.05, 0.1) is 0 Å². The Hall–Kier alpha value is 0.277. The molecule has 42 heavy (non-hydrogen) atoms. The van der Waals surface area contributed by atoms with Gasteiger partial charge in [0.15, 0.2) is 0 Å². The summed E-state index contributed by atoms with van der Waals surface area (Å²) in [5, 5.41) is 0. The first-order valence-electron chi connectivity index (χ1n) is 18.4. The summed E-state index contributed by atoms with van der Waals surface area (Å²) in [6.07, 6.45) is 22.3. The first-order valence-corrected chi connectivity index (χ1v) is 30.4. The number of hydrogen-bond acceptors (Lipinski definition) is 4. The molecule has 0 N–H and O–H groups in total. The summed E-state index contributed by atoms with van der Waals surface area (Å²) in [4.78, 5) is 26.1. The third kappa shape index (κ3) is 21.9. The van der Waals surface area contributed by atoms with Crippen molar-refractivity contribution < 1.29 is 15.7 Å². The average molecular weight is 806 g/mol. The van der Waals surface area contributed by atoms with Crippen molar-refractivity contribution in [1.29, 1.82) is 0 Å². The zero-order valence-electron chi connectivity index (χ0n) is 29.4. The van der Waals surface area contributed by atoms with E-state index in [2.05, 4.69) is 55.4 Å². The molecule has 248 valence electrons. The molecule has 0 aromatic rings. The van der Waals surface area contributed by atoms with E-state index in [1.807, 2.05) is 0 Å². The molecule has 0 aliphatic carbocycles. The first kappa shape index (κ1) is 42.3. The summed E-state index contributed by atoms with van der Waals surface area (Å²) in [7, 11) is 0. The zero-order chi connectivity index (χ0) is 31.6. The second-order valence-corrected chi connectivity index (χ2v) is 26.9. The average Bonchev–Trinajstić information content (AvgIpc) is 2.99. The third-order valence-corrected chi connectivity index (χ3v) is 26.3. The normalized spacial score (nSPS) is 16.1. The molecule has 0 aromatic heterocycles. The molecule has 0 heterocycles. The van der Waals surface area contributed by atoms with Gasteiger partial charge in [0.2, 0.25) is 0 Å². The minimum absolute atomic E-state index is 0.293. The van der Waals surface area contributed by atoms with Crippen molar-refractivity contribution in [3.05, 3.63) is 12.2 Å². The number of carbonyl (C=O) groups is 2. The summed E-state index contributed by atoms with van der Waals surface area (Å²) >= 11 is -5.15. The molecule has 0 aliphatic heterocycles. The molecule has 0 fully saturated rings. The van der Waals surface area contributed by atoms with Gasteiger partial charge in [0.1, 0.15) is 0 Å². The van der Waals surface area contributed by atoms with Crippen molar-refractivity contribution in [3.8, 4) is 0 Å². The molecule has 0 aliphatic rings. The van der Waals surface area contributed by atoms with Crippen LogP contribution in [0.1, 0.15) is 158 Å². The van der Waals surface area contributed by atoms with E-state index in [1.54, 1.807) is 0 Å². The second-order valence-electron chi connectivity index (χ2n) is 13.1. The van der Waals surface area contributed by atoms with Gasteiger partial charge in [0.25, 0.3) is 0 Å². The van der Waals surface area contributed by atoms with E-state index in [1.165, 1.54) is 115 Å². The molecule has 4 nitrogen and oxygen atoms in total. The Kier molecular flexibility index (Phi) is 28.9. The van der Waals surface area contributed by atoms with Crippen LogP contribution in [0.25, 0.3) is 0 Å². The first-order chi connectivity index (χ1) is 20.3. The monoisotopic (exact) mass is 808 g/mol. The van der Waals surface area contributed by atoms with Crippen LogP contribution >= 0.6 is 0 Å². The van der Waals surface area contributed by atoms with Crippen molar-refractivity contribution in [2.24, 2.45) is 23.7 Å². The van der Waals surface area contributed by atoms with Gasteiger partial charge in [0, 0.05) is 0 Å². The third-order valence-electron chi connectivity index (χ3n) is 9.48. The molecule has 6 heteroatoms. The van der Waals surface area contributed by atoms with Crippen molar-refractivity contribution in [3.63, 3.8) is 0 Å². The fourth-order valence-electron chi connectivity index (χ4n) is 6.34. The predicted octanol–water partition coefficient (Wildman–Crippen LogP) is 10.9. The topological polar surface area (TPSA) is 52.6 Å². The van der Waals surface area contributed by atoms with Crippen molar-refractivity contribution in [2.45, 2.75) is 176 Å². The van der Waals surface area contributed by atoms with Gasteiger partial charge >= 0.3 is 280 Å². The van der Waals surface area contributed by atoms with E-state index in [4.69, 9.17) is 6.15 Å². The summed E-state index contributed by atoms with van der Waals surface area (Å²) in [6, 6.07) is 0. The van der Waals surface area contributed by atoms with E-state index < -0.39 is 40.3 Å². The number of rotatable bonds is 28. The second kappa shape index (κ2) is 28.7. The molecule has 0 spiro atoms. The van der Waals surface area contributed by atoms with Gasteiger partial charge in [-0.25, -0.2) is 0 Å². The molecular weight excluding hydrogens is 734 g/mol. The van der Waals surface area contributed by atoms with Gasteiger partial charge in [-0.05, 0) is 0 Å². The van der Waals surface area contributed by atoms with Crippen LogP contribution in [0.2, 0.25) is 17.7 Å². The molecule has 4 atom stereocenters. The van der Waals surface area contributed by atoms with Crippen LogP contribution in [0.3, 0.4) is 0 Å². The number of hydrogen-bond donors (Lipinski definition) is 0. The van der Waals surface area contributed by atoms with E-state index in [0.29, 0.717) is 23.7 Å². The van der Waals surface area contributed by atoms with Crippen LogP contribution in [0.5, 0.6) is 0 Å². The fourth-order valence-corrected chi connectivity index (χ4v) is 25.8. The quantitative estimate of drug-likeness (QED) is 0.0584. The maximum atomic E-state index is 13.0. The minimum atomic E-state index is -2.57. The van der Waals surface area contributed by atoms with Crippen LogP contribution in [0.15, 0.2) is 12.2 Å². The molecule has 0 radical (unpaired) electrons. The van der Waals surface area contributed by atoms with Gasteiger partial charge in [-0.2, -0.15) is 0 Å². The molecule has 0 aromatic carbocycles. The van der Waals surface area contributed by atoms with E-state index >= 15 is 0 Å². The Balaban J connectivity index is 5.47. The SMILES string of the molecule is CCCCC(CC)[CH2][SnH]([CH2]C(CC)CCCC)[O]C(=O)/C=C\C(=O)[O][SnH]([CH2]C(CC)CCCC)[CH2]C(CC)CCCC. The van der Waals surface area contributed by atoms with Gasteiger partial charge < -0.3 is 0 Å². The Labute approximate surface area is 277 Å². The molecule has 0 rings (SSSR count). The van der Waals surface area contributed by atoms with Crippen LogP contribution in [-0.4, -0.2) is 52.3 Å². The van der Waals surface area contributed by atoms with Gasteiger partial charge in [-0.3, -0.25) is 0 Å². The Bertz CT molecular complexity index is 591. The summed E-state index contributed by atoms with van der Waals surface area (Å²) in [6.45, 7) is 18.2. The molecule has 0 saturated heterocycles. The molecule has 4 unspecified atom stereocenters. The van der Waals surface area contributed by atoms with E-state index in [9.17, 15) is 9.59 Å². The number of carbonyl (C=O) groups excluding carboxylic acids is 2. The Morgan fingerprint density at radius 1 is 0.476 bits per heavy atom. The molecular formula is C36H72O4Sn2. The molecule has 0 amide bonds. The zero-order valence-corrected chi connectivity index (χ0v) is 36.0. The molecule has 0 bridgehead atoms. The van der Waals surface area contributed by atoms with Crippen LogP contribution in [0, 0.1) is 23.7 Å². The summed E-state index contributed by atoms with van der Waals surface area (Å²) in [5.74, 6) is 2.10. The fraction of sp³-hybridized carbons (Fsp3) is 0.889. The van der Waals surface area contributed by atoms with Crippen LogP contribution in [0.4, 0.5) is 0 Å². The van der Waals surface area contributed by atoms with Gasteiger partial charge in [-0.15, -0.1) is 0 Å². The molecule has 0 saturated carbocycles. The standard InChI is InChI=1S/4C8H17.C4H4O4.2Sn.2H/c4*1-4-6-7-8(3)5-2;5-3(6)1-2-4(7)8;;;;/h4*8H,3-7H2,1-2H3;1-2H,(H,5,6)(H,7,8);;;;/q;;;;;2*+1;;/p-2/b;;;;2-1-;;;;. The van der Waals surface area contributed by atoms with E-state index in [-0.39, 0.29) is 11.9 Å². The van der Waals surface area contributed by atoms with Crippen molar-refractivity contribution in [2.75, 3.05) is 0 Å². The van der Waals surface area contributed by atoms with Crippen molar-refractivity contribution >= 4 is 52.3 Å². The van der Waals surface area contributed by atoms with Crippen LogP contribution in [-0.2, 0) is 15.7 Å². The summed E-state index contributed by atoms with van der Waals surface area (Å²) in [5.41, 5.74) is 0. The maximum absolute atomic E-state index is 13.0. The van der Waals surface area contributed by atoms with Crippen LogP contribution < -0.4 is 0 Å². The van der Waals surface area contributed by atoms with Gasteiger partial charge in [-0.1, -0.05) is 0 Å². The summed E-state index contributed by atoms with van der Waals surface area (Å²) < 4.78 is 17.1. The van der Waals surface area contributed by atoms with E-state index in [0.717, 1.165) is 17.7 Å². The Morgan fingerprint density at radius 3 is 0.905 bits per heavy atom. The number of unbranched alkanes of at least 4 members (excludes halogenated alkanes) is 4. The Morgan fingerprint density at radius 2 is 0.714 bits per heavy atom.